The lowest BCUT2D eigenvalue weighted by molar-refractivity contribution is -0.125. The van der Waals surface area contributed by atoms with E-state index in [9.17, 15) is 9.59 Å². The summed E-state index contributed by atoms with van der Waals surface area (Å²) in [7, 11) is 1.62. The Morgan fingerprint density at radius 3 is 2.45 bits per heavy atom. The van der Waals surface area contributed by atoms with Gasteiger partial charge in [0.15, 0.2) is 0 Å². The molecule has 2 amide bonds. The molecule has 4 nitrogen and oxygen atoms in total. The van der Waals surface area contributed by atoms with Crippen LogP contribution >= 0.6 is 23.2 Å². The number of hydrogen-bond donors (Lipinski definition) is 1. The molecule has 0 saturated carbocycles. The van der Waals surface area contributed by atoms with Crippen LogP contribution in [0.5, 0.6) is 0 Å². The molecule has 6 heteroatoms. The predicted octanol–water partition coefficient (Wildman–Crippen LogP) is 3.99. The van der Waals surface area contributed by atoms with Crippen LogP contribution in [0.25, 0.3) is 0 Å². The molecule has 0 aromatic heterocycles. The second-order valence-electron chi connectivity index (χ2n) is 4.64. The number of halogens is 2. The maximum atomic E-state index is 12.1. The average Bonchev–Trinajstić information content (AvgIpc) is 2.51. The molecule has 2 aromatic carbocycles. The van der Waals surface area contributed by atoms with Crippen LogP contribution in [0.4, 0.5) is 11.4 Å². The van der Waals surface area contributed by atoms with Gasteiger partial charge in [-0.2, -0.15) is 0 Å². The van der Waals surface area contributed by atoms with Gasteiger partial charge in [-0.1, -0.05) is 41.4 Å². The Morgan fingerprint density at radius 1 is 1.09 bits per heavy atom. The van der Waals surface area contributed by atoms with Crippen LogP contribution < -0.4 is 10.2 Å². The second kappa shape index (κ2) is 7.29. The third-order valence-corrected chi connectivity index (χ3v) is 3.60. The Kier molecular flexibility index (Phi) is 5.41. The van der Waals surface area contributed by atoms with Gasteiger partial charge in [0.25, 0.3) is 0 Å². The minimum absolute atomic E-state index is 0.283. The summed E-state index contributed by atoms with van der Waals surface area (Å²) in [6.45, 7) is 0. The Labute approximate surface area is 138 Å². The molecule has 0 spiro atoms. The van der Waals surface area contributed by atoms with Crippen LogP contribution in [0.3, 0.4) is 0 Å². The zero-order valence-corrected chi connectivity index (χ0v) is 13.4. The van der Waals surface area contributed by atoms with Crippen molar-refractivity contribution in [3.8, 4) is 0 Å². The monoisotopic (exact) mass is 336 g/mol. The summed E-state index contributed by atoms with van der Waals surface area (Å²) in [6, 6.07) is 13.8. The minimum Gasteiger partial charge on any atom is -0.324 e. The smallest absolute Gasteiger partial charge is 0.236 e. The highest BCUT2D eigenvalue weighted by Gasteiger charge is 2.16. The van der Waals surface area contributed by atoms with E-state index in [1.165, 1.54) is 11.0 Å². The van der Waals surface area contributed by atoms with Gasteiger partial charge in [-0.25, -0.2) is 0 Å². The van der Waals surface area contributed by atoms with Gasteiger partial charge < -0.3 is 10.2 Å². The van der Waals surface area contributed by atoms with Gasteiger partial charge in [0.1, 0.15) is 6.42 Å². The molecule has 0 aliphatic heterocycles. The Balaban J connectivity index is 2.00. The number of hydrogen-bond acceptors (Lipinski definition) is 2. The molecule has 0 aliphatic rings. The zero-order chi connectivity index (χ0) is 16.1. The number of rotatable bonds is 4. The Morgan fingerprint density at radius 2 is 1.77 bits per heavy atom. The van der Waals surface area contributed by atoms with Crippen molar-refractivity contribution in [2.45, 2.75) is 6.42 Å². The summed E-state index contributed by atoms with van der Waals surface area (Å²) in [5.74, 6) is -0.765. The van der Waals surface area contributed by atoms with Crippen molar-refractivity contribution in [1.82, 2.24) is 0 Å². The van der Waals surface area contributed by atoms with Gasteiger partial charge in [0, 0.05) is 17.8 Å². The fraction of sp³-hybridized carbons (Fsp3) is 0.125. The zero-order valence-electron chi connectivity index (χ0n) is 11.8. The van der Waals surface area contributed by atoms with Crippen molar-refractivity contribution in [3.05, 3.63) is 58.6 Å². The molecule has 1 N–H and O–H groups in total. The van der Waals surface area contributed by atoms with E-state index in [1.807, 2.05) is 18.2 Å². The van der Waals surface area contributed by atoms with Crippen molar-refractivity contribution in [1.29, 1.82) is 0 Å². The van der Waals surface area contributed by atoms with E-state index >= 15 is 0 Å². The molecule has 0 aliphatic carbocycles. The highest BCUT2D eigenvalue weighted by molar-refractivity contribution is 6.35. The van der Waals surface area contributed by atoms with Crippen molar-refractivity contribution >= 4 is 46.4 Å². The normalized spacial score (nSPS) is 10.1. The molecule has 0 saturated heterocycles. The summed E-state index contributed by atoms with van der Waals surface area (Å²) in [4.78, 5) is 25.5. The molecule has 0 atom stereocenters. The molecule has 114 valence electrons. The highest BCUT2D eigenvalue weighted by Crippen LogP contribution is 2.25. The first-order valence-corrected chi connectivity index (χ1v) is 7.29. The average molecular weight is 337 g/mol. The van der Waals surface area contributed by atoms with E-state index in [0.29, 0.717) is 15.7 Å². The lowest BCUT2D eigenvalue weighted by atomic mass is 10.2. The number of amides is 2. The molecule has 0 fully saturated rings. The van der Waals surface area contributed by atoms with E-state index in [1.54, 1.807) is 31.3 Å². The molecule has 0 bridgehead atoms. The molecule has 22 heavy (non-hydrogen) atoms. The standard InChI is InChI=1S/C16H14Cl2N2O2/c1-20(12-5-3-2-4-6-12)16(22)10-15(21)19-14-9-11(17)7-8-13(14)18/h2-9H,10H2,1H3,(H,19,21). The van der Waals surface area contributed by atoms with Gasteiger partial charge in [-0.05, 0) is 30.3 Å². The maximum absolute atomic E-state index is 12.1. The van der Waals surface area contributed by atoms with Gasteiger partial charge in [-0.3, -0.25) is 9.59 Å². The van der Waals surface area contributed by atoms with Gasteiger partial charge in [0.05, 0.1) is 10.7 Å². The molecular formula is C16H14Cl2N2O2. The first kappa shape index (κ1) is 16.3. The summed E-state index contributed by atoms with van der Waals surface area (Å²) < 4.78 is 0. The predicted molar refractivity (Wildman–Crippen MR) is 89.6 cm³/mol. The molecule has 2 aromatic rings. The molecular weight excluding hydrogens is 323 g/mol. The summed E-state index contributed by atoms with van der Waals surface area (Å²) in [6.07, 6.45) is -0.283. The molecule has 0 radical (unpaired) electrons. The minimum atomic E-state index is -0.447. The van der Waals surface area contributed by atoms with Crippen LogP contribution in [-0.2, 0) is 9.59 Å². The number of benzene rings is 2. The maximum Gasteiger partial charge on any atom is 0.236 e. The molecule has 0 heterocycles. The second-order valence-corrected chi connectivity index (χ2v) is 5.48. The van der Waals surface area contributed by atoms with Gasteiger partial charge in [-0.15, -0.1) is 0 Å². The number of anilines is 2. The lowest BCUT2D eigenvalue weighted by Gasteiger charge is -2.17. The summed E-state index contributed by atoms with van der Waals surface area (Å²) >= 11 is 11.8. The first-order chi connectivity index (χ1) is 10.5. The van der Waals surface area contributed by atoms with E-state index < -0.39 is 5.91 Å². The number of nitrogens with one attached hydrogen (secondary N) is 1. The van der Waals surface area contributed by atoms with Crippen molar-refractivity contribution in [2.24, 2.45) is 0 Å². The van der Waals surface area contributed by atoms with Crippen LogP contribution in [0.2, 0.25) is 10.0 Å². The molecule has 0 unspecified atom stereocenters. The quantitative estimate of drug-likeness (QED) is 0.858. The lowest BCUT2D eigenvalue weighted by Crippen LogP contribution is -2.30. The van der Waals surface area contributed by atoms with Crippen molar-refractivity contribution in [3.63, 3.8) is 0 Å². The summed E-state index contributed by atoms with van der Waals surface area (Å²) in [5, 5.41) is 3.40. The van der Waals surface area contributed by atoms with Gasteiger partial charge in [0.2, 0.25) is 11.8 Å². The van der Waals surface area contributed by atoms with Gasteiger partial charge >= 0.3 is 0 Å². The van der Waals surface area contributed by atoms with Crippen LogP contribution in [0, 0.1) is 0 Å². The van der Waals surface area contributed by atoms with E-state index in [2.05, 4.69) is 5.32 Å². The summed E-state index contributed by atoms with van der Waals surface area (Å²) in [5.41, 5.74) is 1.11. The highest BCUT2D eigenvalue weighted by atomic mass is 35.5. The number of carbonyl (C=O) groups is 2. The topological polar surface area (TPSA) is 49.4 Å². The molecule has 2 rings (SSSR count). The number of nitrogens with zero attached hydrogens (tertiary/aromatic N) is 1. The third-order valence-electron chi connectivity index (χ3n) is 3.03. The van der Waals surface area contributed by atoms with Crippen LogP contribution in [0.1, 0.15) is 6.42 Å². The Hall–Kier alpha value is -2.04. The largest absolute Gasteiger partial charge is 0.324 e. The number of para-hydroxylation sites is 1. The van der Waals surface area contributed by atoms with Crippen molar-refractivity contribution < 1.29 is 9.59 Å². The van der Waals surface area contributed by atoms with E-state index in [4.69, 9.17) is 23.2 Å². The fourth-order valence-corrected chi connectivity index (χ4v) is 2.18. The van der Waals surface area contributed by atoms with Crippen LogP contribution in [-0.4, -0.2) is 18.9 Å². The SMILES string of the molecule is CN(C(=O)CC(=O)Nc1cc(Cl)ccc1Cl)c1ccccc1. The fourth-order valence-electron chi connectivity index (χ4n) is 1.84. The van der Waals surface area contributed by atoms with Crippen LogP contribution in [0.15, 0.2) is 48.5 Å². The van der Waals surface area contributed by atoms with E-state index in [-0.39, 0.29) is 12.3 Å². The number of carbonyl (C=O) groups excluding carboxylic acids is 2. The van der Waals surface area contributed by atoms with E-state index in [0.717, 1.165) is 5.69 Å². The first-order valence-electron chi connectivity index (χ1n) is 6.54. The van der Waals surface area contributed by atoms with Crippen molar-refractivity contribution in [2.75, 3.05) is 17.3 Å². The Bertz CT molecular complexity index is 690. The third kappa shape index (κ3) is 4.23.